The predicted octanol–water partition coefficient (Wildman–Crippen LogP) is 3.26. The molecule has 2 heterocycles. The maximum atomic E-state index is 13.9. The zero-order valence-corrected chi connectivity index (χ0v) is 12.5. The topological polar surface area (TPSA) is 23.5 Å². The van der Waals surface area contributed by atoms with E-state index < -0.39 is 6.10 Å². The van der Waals surface area contributed by atoms with Crippen molar-refractivity contribution in [1.82, 2.24) is 4.90 Å². The molecule has 0 spiro atoms. The number of halogens is 2. The second kappa shape index (κ2) is 5.63. The van der Waals surface area contributed by atoms with Crippen molar-refractivity contribution in [2.75, 3.05) is 7.05 Å². The van der Waals surface area contributed by atoms with E-state index in [1.54, 1.807) is 18.2 Å². The summed E-state index contributed by atoms with van der Waals surface area (Å²) in [6.07, 6.45) is 4.40. The Kier molecular flexibility index (Phi) is 4.02. The highest BCUT2D eigenvalue weighted by Gasteiger charge is 2.40. The standard InChI is InChI=1S/C16H21ClFNO/c1-19-12-5-6-13(19)8-11(7-12)15(20)9-10-3-2-4-14(17)16(10)18/h2-4,11-13,15,20H,5-9H2,1H3. The van der Waals surface area contributed by atoms with Crippen molar-refractivity contribution in [3.05, 3.63) is 34.6 Å². The first kappa shape index (κ1) is 14.3. The van der Waals surface area contributed by atoms with Crippen LogP contribution in [0.1, 0.15) is 31.2 Å². The van der Waals surface area contributed by atoms with Crippen molar-refractivity contribution in [2.24, 2.45) is 5.92 Å². The van der Waals surface area contributed by atoms with Crippen molar-refractivity contribution in [3.8, 4) is 0 Å². The van der Waals surface area contributed by atoms with Crippen LogP contribution in [0, 0.1) is 11.7 Å². The van der Waals surface area contributed by atoms with Crippen molar-refractivity contribution in [2.45, 2.75) is 50.3 Å². The van der Waals surface area contributed by atoms with Gasteiger partial charge in [-0.05, 0) is 50.3 Å². The zero-order valence-electron chi connectivity index (χ0n) is 11.7. The third-order valence-corrected chi connectivity index (χ3v) is 5.43. The lowest BCUT2D eigenvalue weighted by Crippen LogP contribution is -2.43. The highest BCUT2D eigenvalue weighted by atomic mass is 35.5. The summed E-state index contributed by atoms with van der Waals surface area (Å²) in [6.45, 7) is 0. The van der Waals surface area contributed by atoms with Crippen LogP contribution in [0.15, 0.2) is 18.2 Å². The van der Waals surface area contributed by atoms with Gasteiger partial charge in [-0.15, -0.1) is 0 Å². The van der Waals surface area contributed by atoms with Gasteiger partial charge >= 0.3 is 0 Å². The molecule has 3 unspecified atom stereocenters. The van der Waals surface area contributed by atoms with Gasteiger partial charge in [0.05, 0.1) is 11.1 Å². The molecular weight excluding hydrogens is 277 g/mol. The van der Waals surface area contributed by atoms with Crippen molar-refractivity contribution < 1.29 is 9.50 Å². The van der Waals surface area contributed by atoms with E-state index in [4.69, 9.17) is 11.6 Å². The maximum Gasteiger partial charge on any atom is 0.145 e. The van der Waals surface area contributed by atoms with Gasteiger partial charge in [0.15, 0.2) is 0 Å². The quantitative estimate of drug-likeness (QED) is 0.926. The van der Waals surface area contributed by atoms with E-state index in [1.165, 1.54) is 12.8 Å². The van der Waals surface area contributed by atoms with Gasteiger partial charge in [0, 0.05) is 18.5 Å². The molecule has 2 aliphatic rings. The van der Waals surface area contributed by atoms with Crippen LogP contribution in [0.3, 0.4) is 0 Å². The van der Waals surface area contributed by atoms with Gasteiger partial charge in [-0.1, -0.05) is 23.7 Å². The molecule has 0 radical (unpaired) electrons. The number of rotatable bonds is 3. The van der Waals surface area contributed by atoms with E-state index in [1.807, 2.05) is 0 Å². The van der Waals surface area contributed by atoms with Gasteiger partial charge < -0.3 is 10.0 Å². The number of hydrogen-bond acceptors (Lipinski definition) is 2. The molecule has 1 aromatic carbocycles. The Hall–Kier alpha value is -0.640. The lowest BCUT2D eigenvalue weighted by Gasteiger charge is -2.38. The molecule has 4 heteroatoms. The first-order valence-electron chi connectivity index (χ1n) is 7.39. The van der Waals surface area contributed by atoms with Crippen LogP contribution in [0.4, 0.5) is 4.39 Å². The number of nitrogens with zero attached hydrogens (tertiary/aromatic N) is 1. The summed E-state index contributed by atoms with van der Waals surface area (Å²) < 4.78 is 13.9. The van der Waals surface area contributed by atoms with Gasteiger partial charge in [0.1, 0.15) is 5.82 Å². The van der Waals surface area contributed by atoms with Gasteiger partial charge in [0.25, 0.3) is 0 Å². The fourth-order valence-electron chi connectivity index (χ4n) is 3.87. The van der Waals surface area contributed by atoms with E-state index in [-0.39, 0.29) is 16.8 Å². The first-order chi connectivity index (χ1) is 9.56. The van der Waals surface area contributed by atoms with Gasteiger partial charge in [-0.3, -0.25) is 0 Å². The third kappa shape index (κ3) is 2.59. The molecule has 0 aromatic heterocycles. The molecule has 3 atom stereocenters. The molecule has 1 aromatic rings. The summed E-state index contributed by atoms with van der Waals surface area (Å²) in [4.78, 5) is 2.45. The minimum atomic E-state index is -0.472. The predicted molar refractivity (Wildman–Crippen MR) is 78.4 cm³/mol. The highest BCUT2D eigenvalue weighted by molar-refractivity contribution is 6.30. The van der Waals surface area contributed by atoms with E-state index in [2.05, 4.69) is 11.9 Å². The molecule has 2 saturated heterocycles. The fraction of sp³-hybridized carbons (Fsp3) is 0.625. The molecule has 110 valence electrons. The van der Waals surface area contributed by atoms with Crippen molar-refractivity contribution in [3.63, 3.8) is 0 Å². The summed E-state index contributed by atoms with van der Waals surface area (Å²) in [6, 6.07) is 6.19. The Balaban J connectivity index is 1.68. The molecule has 3 rings (SSSR count). The molecule has 20 heavy (non-hydrogen) atoms. The monoisotopic (exact) mass is 297 g/mol. The van der Waals surface area contributed by atoms with Crippen LogP contribution in [0.2, 0.25) is 5.02 Å². The lowest BCUT2D eigenvalue weighted by molar-refractivity contribution is 0.0364. The molecule has 0 amide bonds. The second-order valence-electron chi connectivity index (χ2n) is 6.27. The Labute approximate surface area is 124 Å². The summed E-state index contributed by atoms with van der Waals surface area (Å²) in [5.74, 6) is -0.105. The molecule has 1 N–H and O–H groups in total. The van der Waals surface area contributed by atoms with Crippen LogP contribution < -0.4 is 0 Å². The van der Waals surface area contributed by atoms with Crippen molar-refractivity contribution >= 4 is 11.6 Å². The number of aliphatic hydroxyl groups is 1. The smallest absolute Gasteiger partial charge is 0.145 e. The lowest BCUT2D eigenvalue weighted by atomic mass is 9.84. The molecule has 0 aliphatic carbocycles. The fourth-order valence-corrected chi connectivity index (χ4v) is 4.06. The average Bonchev–Trinajstić information content (AvgIpc) is 2.66. The van der Waals surface area contributed by atoms with E-state index in [9.17, 15) is 9.50 Å². The van der Waals surface area contributed by atoms with E-state index >= 15 is 0 Å². The number of fused-ring (bicyclic) bond motifs is 2. The Morgan fingerprint density at radius 1 is 1.35 bits per heavy atom. The normalized spacial score (nSPS) is 31.5. The Morgan fingerprint density at radius 3 is 2.65 bits per heavy atom. The minimum absolute atomic E-state index is 0.137. The Bertz CT molecular complexity index is 481. The number of benzene rings is 1. The molecule has 2 fully saturated rings. The molecule has 2 nitrogen and oxygen atoms in total. The molecule has 0 saturated carbocycles. The van der Waals surface area contributed by atoms with Crippen LogP contribution in [0.5, 0.6) is 0 Å². The minimum Gasteiger partial charge on any atom is -0.392 e. The van der Waals surface area contributed by atoms with E-state index in [0.717, 1.165) is 12.8 Å². The third-order valence-electron chi connectivity index (χ3n) is 5.14. The van der Waals surface area contributed by atoms with Crippen LogP contribution >= 0.6 is 11.6 Å². The van der Waals surface area contributed by atoms with Crippen LogP contribution in [0.25, 0.3) is 0 Å². The average molecular weight is 298 g/mol. The maximum absolute atomic E-state index is 13.9. The number of hydrogen-bond donors (Lipinski definition) is 1. The SMILES string of the molecule is CN1C2CCC1CC(C(O)Cc1cccc(Cl)c1F)C2. The van der Waals surface area contributed by atoms with Crippen molar-refractivity contribution in [1.29, 1.82) is 0 Å². The summed E-state index contributed by atoms with van der Waals surface area (Å²) in [5, 5.41) is 10.6. The summed E-state index contributed by atoms with van der Waals surface area (Å²) in [5.41, 5.74) is 0.524. The second-order valence-corrected chi connectivity index (χ2v) is 6.67. The number of aliphatic hydroxyl groups excluding tert-OH is 1. The van der Waals surface area contributed by atoms with E-state index in [0.29, 0.717) is 24.1 Å². The summed E-state index contributed by atoms with van der Waals surface area (Å²) in [7, 11) is 2.18. The molecule has 2 aliphatic heterocycles. The van der Waals surface area contributed by atoms with Gasteiger partial charge in [0.2, 0.25) is 0 Å². The molecule has 2 bridgehead atoms. The van der Waals surface area contributed by atoms with Crippen LogP contribution in [-0.4, -0.2) is 35.2 Å². The Morgan fingerprint density at radius 2 is 2.00 bits per heavy atom. The first-order valence-corrected chi connectivity index (χ1v) is 7.77. The largest absolute Gasteiger partial charge is 0.392 e. The summed E-state index contributed by atoms with van der Waals surface area (Å²) >= 11 is 5.80. The number of piperidine rings is 1. The highest BCUT2D eigenvalue weighted by Crippen LogP contribution is 2.39. The van der Waals surface area contributed by atoms with Gasteiger partial charge in [-0.25, -0.2) is 4.39 Å². The molecular formula is C16H21ClFNO. The zero-order chi connectivity index (χ0) is 14.3. The van der Waals surface area contributed by atoms with Crippen LogP contribution in [-0.2, 0) is 6.42 Å². The van der Waals surface area contributed by atoms with Gasteiger partial charge in [-0.2, -0.15) is 0 Å².